The molecule has 2 aromatic heterocycles. The predicted octanol–water partition coefficient (Wildman–Crippen LogP) is 4.28. The molecule has 0 spiro atoms. The number of aryl methyl sites for hydroxylation is 1. The summed E-state index contributed by atoms with van der Waals surface area (Å²) in [4.78, 5) is 12.1. The van der Waals surface area contributed by atoms with E-state index in [1.54, 1.807) is 11.3 Å². The first-order valence-corrected chi connectivity index (χ1v) is 9.91. The fourth-order valence-electron chi connectivity index (χ4n) is 3.77. The quantitative estimate of drug-likeness (QED) is 0.761. The Kier molecular flexibility index (Phi) is 4.68. The van der Waals surface area contributed by atoms with Crippen molar-refractivity contribution < 1.29 is 0 Å². The Hall–Kier alpha value is -1.98. The van der Waals surface area contributed by atoms with Crippen molar-refractivity contribution in [3.8, 4) is 0 Å². The molecule has 4 rings (SSSR count). The molecule has 2 N–H and O–H groups in total. The van der Waals surface area contributed by atoms with Crippen LogP contribution in [0.1, 0.15) is 36.9 Å². The zero-order chi connectivity index (χ0) is 17.2. The second kappa shape index (κ2) is 7.10. The van der Waals surface area contributed by atoms with Crippen LogP contribution in [0.5, 0.6) is 0 Å². The molecule has 1 aromatic carbocycles. The second-order valence-corrected chi connectivity index (χ2v) is 7.75. The zero-order valence-electron chi connectivity index (χ0n) is 14.6. The Morgan fingerprint density at radius 3 is 2.88 bits per heavy atom. The number of aromatic nitrogens is 2. The normalized spacial score (nSPS) is 20.7. The van der Waals surface area contributed by atoms with Crippen molar-refractivity contribution in [3.05, 3.63) is 52.3 Å². The highest BCUT2D eigenvalue weighted by atomic mass is 32.1. The van der Waals surface area contributed by atoms with Crippen molar-refractivity contribution in [2.45, 2.75) is 51.2 Å². The van der Waals surface area contributed by atoms with Gasteiger partial charge in [-0.3, -0.25) is 0 Å². The highest BCUT2D eigenvalue weighted by Gasteiger charge is 2.27. The molecular formula is C20H24N4S. The van der Waals surface area contributed by atoms with Gasteiger partial charge in [-0.2, -0.15) is 11.3 Å². The average molecular weight is 353 g/mol. The molecule has 0 radical (unpaired) electrons. The van der Waals surface area contributed by atoms with Crippen molar-refractivity contribution in [3.63, 3.8) is 0 Å². The van der Waals surface area contributed by atoms with Crippen LogP contribution < -0.4 is 10.6 Å². The molecule has 3 aromatic rings. The van der Waals surface area contributed by atoms with Crippen molar-refractivity contribution in [2.75, 3.05) is 4.90 Å². The number of rotatable bonds is 4. The van der Waals surface area contributed by atoms with Gasteiger partial charge in [0.1, 0.15) is 0 Å². The molecule has 2 atom stereocenters. The number of thiophene rings is 1. The number of nitrogens with zero attached hydrogens (tertiary/aromatic N) is 3. The van der Waals surface area contributed by atoms with E-state index in [9.17, 15) is 0 Å². The van der Waals surface area contributed by atoms with Crippen molar-refractivity contribution in [1.82, 2.24) is 9.97 Å². The molecule has 1 aliphatic rings. The molecular weight excluding hydrogens is 328 g/mol. The minimum absolute atomic E-state index is 0.283. The summed E-state index contributed by atoms with van der Waals surface area (Å²) >= 11 is 1.74. The average Bonchev–Trinajstić information content (AvgIpc) is 3.13. The maximum atomic E-state index is 6.27. The van der Waals surface area contributed by atoms with E-state index in [4.69, 9.17) is 15.7 Å². The van der Waals surface area contributed by atoms with Crippen LogP contribution in [0, 0.1) is 6.92 Å². The lowest BCUT2D eigenvalue weighted by atomic mass is 9.90. The van der Waals surface area contributed by atoms with E-state index >= 15 is 0 Å². The third-order valence-corrected chi connectivity index (χ3v) is 5.83. The summed E-state index contributed by atoms with van der Waals surface area (Å²) in [7, 11) is 0. The molecule has 1 fully saturated rings. The van der Waals surface area contributed by atoms with E-state index in [0.717, 1.165) is 48.4 Å². The maximum absolute atomic E-state index is 6.27. The molecule has 2 unspecified atom stereocenters. The first-order chi connectivity index (χ1) is 12.2. The van der Waals surface area contributed by atoms with E-state index in [2.05, 4.69) is 40.8 Å². The van der Waals surface area contributed by atoms with Gasteiger partial charge in [0.15, 0.2) is 0 Å². The van der Waals surface area contributed by atoms with Gasteiger partial charge in [0.2, 0.25) is 5.95 Å². The van der Waals surface area contributed by atoms with Crippen LogP contribution in [0.15, 0.2) is 41.1 Å². The number of anilines is 1. The highest BCUT2D eigenvalue weighted by Crippen LogP contribution is 2.29. The zero-order valence-corrected chi connectivity index (χ0v) is 15.4. The number of nitrogens with two attached hydrogens (primary N) is 1. The molecule has 1 saturated carbocycles. The topological polar surface area (TPSA) is 55.0 Å². The van der Waals surface area contributed by atoms with Crippen LogP contribution in [-0.4, -0.2) is 22.1 Å². The summed E-state index contributed by atoms with van der Waals surface area (Å²) < 4.78 is 0. The fourth-order valence-corrected chi connectivity index (χ4v) is 4.43. The third kappa shape index (κ3) is 3.53. The number of hydrogen-bond acceptors (Lipinski definition) is 5. The van der Waals surface area contributed by atoms with Crippen LogP contribution >= 0.6 is 11.3 Å². The van der Waals surface area contributed by atoms with Gasteiger partial charge in [-0.25, -0.2) is 9.97 Å². The standard InChI is InChI=1S/C20H24N4S/c1-14-18-7-2-3-8-19(18)23-20(22-14)24(12-15-9-10-25-13-15)17-6-4-5-16(21)11-17/h2-3,7-10,13,16-17H,4-6,11-12,21H2,1H3. The smallest absolute Gasteiger partial charge is 0.226 e. The molecule has 4 nitrogen and oxygen atoms in total. The Balaban J connectivity index is 1.74. The van der Waals surface area contributed by atoms with Gasteiger partial charge in [-0.15, -0.1) is 0 Å². The first-order valence-electron chi connectivity index (χ1n) is 8.97. The van der Waals surface area contributed by atoms with Crippen LogP contribution in [-0.2, 0) is 6.54 Å². The Morgan fingerprint density at radius 2 is 2.08 bits per heavy atom. The minimum atomic E-state index is 0.283. The fraction of sp³-hybridized carbons (Fsp3) is 0.400. The molecule has 5 heteroatoms. The van der Waals surface area contributed by atoms with Gasteiger partial charge in [0.25, 0.3) is 0 Å². The summed E-state index contributed by atoms with van der Waals surface area (Å²) in [5.41, 5.74) is 9.64. The lowest BCUT2D eigenvalue weighted by molar-refractivity contribution is 0.368. The van der Waals surface area contributed by atoms with Crippen LogP contribution in [0.3, 0.4) is 0 Å². The van der Waals surface area contributed by atoms with Crippen molar-refractivity contribution >= 4 is 28.2 Å². The van der Waals surface area contributed by atoms with Crippen LogP contribution in [0.25, 0.3) is 10.9 Å². The number of benzene rings is 1. The number of fused-ring (bicyclic) bond motifs is 1. The molecule has 0 aliphatic heterocycles. The Bertz CT molecular complexity index is 846. The predicted molar refractivity (Wildman–Crippen MR) is 105 cm³/mol. The van der Waals surface area contributed by atoms with Gasteiger partial charge in [-0.1, -0.05) is 18.2 Å². The van der Waals surface area contributed by atoms with E-state index in [1.165, 1.54) is 12.0 Å². The highest BCUT2D eigenvalue weighted by molar-refractivity contribution is 7.07. The second-order valence-electron chi connectivity index (χ2n) is 6.97. The van der Waals surface area contributed by atoms with Crippen molar-refractivity contribution in [1.29, 1.82) is 0 Å². The van der Waals surface area contributed by atoms with Crippen molar-refractivity contribution in [2.24, 2.45) is 5.73 Å². The van der Waals surface area contributed by atoms with E-state index < -0.39 is 0 Å². The molecule has 25 heavy (non-hydrogen) atoms. The van der Waals surface area contributed by atoms with Gasteiger partial charge >= 0.3 is 0 Å². The lowest BCUT2D eigenvalue weighted by Crippen LogP contribution is -2.43. The molecule has 130 valence electrons. The molecule has 0 amide bonds. The summed E-state index contributed by atoms with van der Waals surface area (Å²) in [6.07, 6.45) is 4.48. The van der Waals surface area contributed by atoms with Gasteiger partial charge < -0.3 is 10.6 Å². The third-order valence-electron chi connectivity index (χ3n) is 5.10. The molecule has 0 bridgehead atoms. The number of para-hydroxylation sites is 1. The first kappa shape index (κ1) is 16.5. The largest absolute Gasteiger partial charge is 0.333 e. The van der Waals surface area contributed by atoms with Gasteiger partial charge in [-0.05, 0) is 61.1 Å². The lowest BCUT2D eigenvalue weighted by Gasteiger charge is -2.36. The van der Waals surface area contributed by atoms with Gasteiger partial charge in [0, 0.05) is 24.0 Å². The summed E-state index contributed by atoms with van der Waals surface area (Å²) in [6, 6.07) is 11.1. The Labute approximate surface area is 152 Å². The molecule has 2 heterocycles. The summed E-state index contributed by atoms with van der Waals surface area (Å²) in [6.45, 7) is 2.92. The minimum Gasteiger partial charge on any atom is -0.333 e. The Morgan fingerprint density at radius 1 is 1.20 bits per heavy atom. The van der Waals surface area contributed by atoms with Crippen LogP contribution in [0.2, 0.25) is 0 Å². The van der Waals surface area contributed by atoms with Crippen LogP contribution in [0.4, 0.5) is 5.95 Å². The van der Waals surface area contributed by atoms with E-state index in [0.29, 0.717) is 6.04 Å². The molecule has 0 saturated heterocycles. The van der Waals surface area contributed by atoms with E-state index in [1.807, 2.05) is 12.1 Å². The van der Waals surface area contributed by atoms with E-state index in [-0.39, 0.29) is 6.04 Å². The summed E-state index contributed by atoms with van der Waals surface area (Å²) in [5.74, 6) is 0.835. The monoisotopic (exact) mass is 352 g/mol. The maximum Gasteiger partial charge on any atom is 0.226 e. The van der Waals surface area contributed by atoms with Gasteiger partial charge in [0.05, 0.1) is 11.2 Å². The number of hydrogen-bond donors (Lipinski definition) is 1. The summed E-state index contributed by atoms with van der Waals surface area (Å²) in [5, 5.41) is 5.47. The molecule has 1 aliphatic carbocycles. The SMILES string of the molecule is Cc1nc(N(Cc2ccsc2)C2CCCC(N)C2)nc2ccccc12.